The van der Waals surface area contributed by atoms with E-state index in [9.17, 15) is 9.59 Å². The number of nitrogens with one attached hydrogen (secondary N) is 1. The third-order valence-corrected chi connectivity index (χ3v) is 5.84. The van der Waals surface area contributed by atoms with Crippen molar-refractivity contribution in [3.05, 3.63) is 21.4 Å². The molecule has 3 N–H and O–H groups in total. The van der Waals surface area contributed by atoms with Gasteiger partial charge in [-0.2, -0.15) is 0 Å². The zero-order chi connectivity index (χ0) is 15.5. The summed E-state index contributed by atoms with van der Waals surface area (Å²) in [6.45, 7) is 1.72. The van der Waals surface area contributed by atoms with Crippen LogP contribution >= 0.6 is 11.3 Å². The molecule has 1 unspecified atom stereocenters. The fourth-order valence-corrected chi connectivity index (χ4v) is 4.57. The van der Waals surface area contributed by atoms with Gasteiger partial charge in [-0.25, -0.2) is 4.79 Å². The van der Waals surface area contributed by atoms with Gasteiger partial charge in [-0.1, -0.05) is 0 Å². The lowest BCUT2D eigenvalue weighted by Crippen LogP contribution is -2.47. The summed E-state index contributed by atoms with van der Waals surface area (Å²) in [4.78, 5) is 26.7. The number of piperidine rings is 1. The van der Waals surface area contributed by atoms with Crippen LogP contribution in [-0.4, -0.2) is 29.9 Å². The maximum Gasteiger partial charge on any atom is 0.314 e. The Kier molecular flexibility index (Phi) is 4.66. The molecule has 3 amide bonds. The Balaban J connectivity index is 1.56. The molecule has 120 valence electrons. The SMILES string of the molecule is NC(=O)N1CCCC(C(=O)NCc2csc3c2CCCC3)C1. The van der Waals surface area contributed by atoms with Crippen molar-refractivity contribution in [1.29, 1.82) is 0 Å². The van der Waals surface area contributed by atoms with Gasteiger partial charge in [0.25, 0.3) is 0 Å². The van der Waals surface area contributed by atoms with Crippen LogP contribution < -0.4 is 11.1 Å². The van der Waals surface area contributed by atoms with Crippen molar-refractivity contribution in [2.75, 3.05) is 13.1 Å². The second kappa shape index (κ2) is 6.69. The van der Waals surface area contributed by atoms with Crippen molar-refractivity contribution in [1.82, 2.24) is 10.2 Å². The number of hydrogen-bond donors (Lipinski definition) is 2. The maximum absolute atomic E-state index is 12.3. The summed E-state index contributed by atoms with van der Waals surface area (Å²) in [5.41, 5.74) is 8.04. The van der Waals surface area contributed by atoms with E-state index in [1.54, 1.807) is 4.90 Å². The molecule has 22 heavy (non-hydrogen) atoms. The quantitative estimate of drug-likeness (QED) is 0.894. The number of urea groups is 1. The molecule has 0 radical (unpaired) electrons. The molecule has 3 rings (SSSR count). The van der Waals surface area contributed by atoms with Gasteiger partial charge in [0.05, 0.1) is 5.92 Å². The Hall–Kier alpha value is -1.56. The number of likely N-dealkylation sites (tertiary alicyclic amines) is 1. The average Bonchev–Trinajstić information content (AvgIpc) is 2.96. The monoisotopic (exact) mass is 321 g/mol. The van der Waals surface area contributed by atoms with Crippen molar-refractivity contribution in [3.63, 3.8) is 0 Å². The van der Waals surface area contributed by atoms with E-state index in [1.165, 1.54) is 35.3 Å². The number of amides is 3. The first-order chi connectivity index (χ1) is 10.6. The summed E-state index contributed by atoms with van der Waals surface area (Å²) in [6.07, 6.45) is 6.53. The largest absolute Gasteiger partial charge is 0.352 e. The molecule has 0 aromatic carbocycles. The molecule has 1 aromatic rings. The number of nitrogens with zero attached hydrogens (tertiary/aromatic N) is 1. The zero-order valence-electron chi connectivity index (χ0n) is 12.8. The van der Waals surface area contributed by atoms with Crippen LogP contribution in [0, 0.1) is 5.92 Å². The van der Waals surface area contributed by atoms with Crippen LogP contribution in [0.2, 0.25) is 0 Å². The Labute approximate surface area is 134 Å². The first kappa shape index (κ1) is 15.3. The first-order valence-corrected chi connectivity index (χ1v) is 8.93. The van der Waals surface area contributed by atoms with Gasteiger partial charge >= 0.3 is 6.03 Å². The highest BCUT2D eigenvalue weighted by atomic mass is 32.1. The van der Waals surface area contributed by atoms with Crippen LogP contribution in [0.5, 0.6) is 0 Å². The van der Waals surface area contributed by atoms with E-state index in [1.807, 2.05) is 11.3 Å². The summed E-state index contributed by atoms with van der Waals surface area (Å²) in [5, 5.41) is 5.24. The fourth-order valence-electron chi connectivity index (χ4n) is 3.43. The van der Waals surface area contributed by atoms with Gasteiger partial charge in [-0.3, -0.25) is 4.79 Å². The minimum absolute atomic E-state index is 0.0432. The van der Waals surface area contributed by atoms with E-state index in [2.05, 4.69) is 10.7 Å². The number of rotatable bonds is 3. The number of primary amides is 1. The van der Waals surface area contributed by atoms with Crippen LogP contribution in [0.1, 0.15) is 41.7 Å². The predicted octanol–water partition coefficient (Wildman–Crippen LogP) is 2.03. The molecule has 1 saturated heterocycles. The van der Waals surface area contributed by atoms with Crippen LogP contribution in [-0.2, 0) is 24.2 Å². The molecule has 0 bridgehead atoms. The fraction of sp³-hybridized carbons (Fsp3) is 0.625. The molecule has 1 atom stereocenters. The number of carbonyl (C=O) groups excluding carboxylic acids is 2. The normalized spacial score (nSPS) is 21.3. The van der Waals surface area contributed by atoms with E-state index >= 15 is 0 Å². The molecule has 2 heterocycles. The van der Waals surface area contributed by atoms with Gasteiger partial charge in [0, 0.05) is 24.5 Å². The number of thiophene rings is 1. The highest BCUT2D eigenvalue weighted by molar-refractivity contribution is 7.10. The van der Waals surface area contributed by atoms with Crippen LogP contribution in [0.15, 0.2) is 5.38 Å². The van der Waals surface area contributed by atoms with Gasteiger partial charge in [-0.05, 0) is 55.0 Å². The van der Waals surface area contributed by atoms with Crippen LogP contribution in [0.4, 0.5) is 4.79 Å². The van der Waals surface area contributed by atoms with Crippen molar-refractivity contribution in [2.24, 2.45) is 11.7 Å². The van der Waals surface area contributed by atoms with Crippen molar-refractivity contribution >= 4 is 23.3 Å². The number of carbonyl (C=O) groups is 2. The number of nitrogens with two attached hydrogens (primary N) is 1. The lowest BCUT2D eigenvalue weighted by Gasteiger charge is -2.30. The van der Waals surface area contributed by atoms with Crippen LogP contribution in [0.3, 0.4) is 0 Å². The van der Waals surface area contributed by atoms with Gasteiger partial charge in [0.15, 0.2) is 0 Å². The summed E-state index contributed by atoms with van der Waals surface area (Å²) in [6, 6.07) is -0.426. The number of hydrogen-bond acceptors (Lipinski definition) is 3. The molecule has 5 nitrogen and oxygen atoms in total. The molecule has 1 aromatic heterocycles. The second-order valence-corrected chi connectivity index (χ2v) is 7.18. The molecule has 2 aliphatic rings. The summed E-state index contributed by atoms with van der Waals surface area (Å²) >= 11 is 1.82. The van der Waals surface area contributed by atoms with Gasteiger partial charge in [0.1, 0.15) is 0 Å². The molecular weight excluding hydrogens is 298 g/mol. The topological polar surface area (TPSA) is 75.4 Å². The summed E-state index contributed by atoms with van der Waals surface area (Å²) < 4.78 is 0. The third kappa shape index (κ3) is 3.27. The summed E-state index contributed by atoms with van der Waals surface area (Å²) in [7, 11) is 0. The molecule has 0 saturated carbocycles. The lowest BCUT2D eigenvalue weighted by atomic mass is 9.95. The molecular formula is C16H23N3O2S. The molecule has 6 heteroatoms. The van der Waals surface area contributed by atoms with Gasteiger partial charge < -0.3 is 16.0 Å². The standard InChI is InChI=1S/C16H23N3O2S/c17-16(21)19-7-3-4-11(9-19)15(20)18-8-12-10-22-14-6-2-1-5-13(12)14/h10-11H,1-9H2,(H2,17,21)(H,18,20). The molecule has 1 fully saturated rings. The Morgan fingerprint density at radius 1 is 1.32 bits per heavy atom. The third-order valence-electron chi connectivity index (χ3n) is 4.71. The second-order valence-electron chi connectivity index (χ2n) is 6.21. The van der Waals surface area contributed by atoms with Crippen molar-refractivity contribution < 1.29 is 9.59 Å². The number of fused-ring (bicyclic) bond motifs is 1. The highest BCUT2D eigenvalue weighted by Crippen LogP contribution is 2.30. The Morgan fingerprint density at radius 3 is 2.95 bits per heavy atom. The van der Waals surface area contributed by atoms with Gasteiger partial charge in [0.2, 0.25) is 5.91 Å². The van der Waals surface area contributed by atoms with Crippen LogP contribution in [0.25, 0.3) is 0 Å². The van der Waals surface area contributed by atoms with E-state index in [-0.39, 0.29) is 11.8 Å². The minimum atomic E-state index is -0.426. The Bertz CT molecular complexity index is 570. The number of aryl methyl sites for hydroxylation is 1. The van der Waals surface area contributed by atoms with Gasteiger partial charge in [-0.15, -0.1) is 11.3 Å². The first-order valence-electron chi connectivity index (χ1n) is 8.05. The molecule has 1 aliphatic heterocycles. The smallest absolute Gasteiger partial charge is 0.314 e. The predicted molar refractivity (Wildman–Crippen MR) is 86.7 cm³/mol. The molecule has 0 spiro atoms. The van der Waals surface area contributed by atoms with Crippen molar-refractivity contribution in [2.45, 2.75) is 45.1 Å². The Morgan fingerprint density at radius 2 is 2.14 bits per heavy atom. The van der Waals surface area contributed by atoms with E-state index in [4.69, 9.17) is 5.73 Å². The molecule has 1 aliphatic carbocycles. The minimum Gasteiger partial charge on any atom is -0.352 e. The maximum atomic E-state index is 12.3. The lowest BCUT2D eigenvalue weighted by molar-refractivity contribution is -0.126. The summed E-state index contributed by atoms with van der Waals surface area (Å²) in [5.74, 6) is -0.0857. The van der Waals surface area contributed by atoms with E-state index in [0.29, 0.717) is 19.6 Å². The van der Waals surface area contributed by atoms with E-state index < -0.39 is 6.03 Å². The van der Waals surface area contributed by atoms with Crippen molar-refractivity contribution in [3.8, 4) is 0 Å². The zero-order valence-corrected chi connectivity index (χ0v) is 13.6. The van der Waals surface area contributed by atoms with E-state index in [0.717, 1.165) is 19.3 Å². The highest BCUT2D eigenvalue weighted by Gasteiger charge is 2.27. The average molecular weight is 321 g/mol.